The van der Waals surface area contributed by atoms with Gasteiger partial charge in [-0.25, -0.2) is 8.42 Å². The zero-order valence-electron chi connectivity index (χ0n) is 19.4. The van der Waals surface area contributed by atoms with Gasteiger partial charge in [-0.15, -0.1) is 4.40 Å². The lowest BCUT2D eigenvalue weighted by atomic mass is 9.77. The number of sulfonamides is 1. The molecule has 2 saturated carbocycles. The van der Waals surface area contributed by atoms with Gasteiger partial charge in [0.2, 0.25) is 0 Å². The second-order valence-corrected chi connectivity index (χ2v) is 14.1. The van der Waals surface area contributed by atoms with Crippen molar-refractivity contribution in [2.45, 2.75) is 49.8 Å². The van der Waals surface area contributed by atoms with Gasteiger partial charge in [-0.2, -0.15) is 8.42 Å². The minimum absolute atomic E-state index is 0.0657. The SMILES string of the molecule is CC(C)CN1C(=O)C(C2=NS(=O)(=O)c3cc(CS(C)(=O)=O)ccc3N2)=C(O)C2C1[C@@H]1CC[C@H]2C1. The Morgan fingerprint density at radius 1 is 1.24 bits per heavy atom. The number of aliphatic hydroxyl groups is 1. The van der Waals surface area contributed by atoms with E-state index in [2.05, 4.69) is 9.71 Å². The molecule has 0 aromatic heterocycles. The summed E-state index contributed by atoms with van der Waals surface area (Å²) in [6.07, 6.45) is 4.05. The molecule has 184 valence electrons. The molecule has 2 aliphatic heterocycles. The van der Waals surface area contributed by atoms with Gasteiger partial charge in [-0.3, -0.25) is 4.79 Å². The number of aliphatic hydroxyl groups excluding tert-OH is 1. The Bertz CT molecular complexity index is 1350. The van der Waals surface area contributed by atoms with Gasteiger partial charge in [0.25, 0.3) is 15.9 Å². The average molecular weight is 508 g/mol. The monoisotopic (exact) mass is 507 g/mol. The molecule has 34 heavy (non-hydrogen) atoms. The van der Waals surface area contributed by atoms with Gasteiger partial charge in [-0.05, 0) is 54.7 Å². The second kappa shape index (κ2) is 7.81. The van der Waals surface area contributed by atoms with Gasteiger partial charge in [0.1, 0.15) is 16.2 Å². The predicted octanol–water partition coefficient (Wildman–Crippen LogP) is 2.47. The Hall–Kier alpha value is -2.40. The van der Waals surface area contributed by atoms with Crippen molar-refractivity contribution in [3.63, 3.8) is 0 Å². The van der Waals surface area contributed by atoms with Crippen molar-refractivity contribution in [2.24, 2.45) is 28.1 Å². The number of amides is 1. The van der Waals surface area contributed by atoms with Crippen LogP contribution in [0.1, 0.15) is 38.7 Å². The molecule has 11 heteroatoms. The maximum absolute atomic E-state index is 13.6. The number of carbonyl (C=O) groups excluding carboxylic acids is 1. The first-order chi connectivity index (χ1) is 15.9. The standard InChI is InChI=1S/C23H29N3O6S2/c1-12(2)10-26-20-15-6-5-14(9-15)18(20)21(27)19(23(26)28)22-24-16-7-4-13(11-33(3,29)30)8-17(16)34(31,32)25-22/h4,7-8,12,14-15,18,20,27H,5-6,9-11H2,1-3H3,(H,24,25)/t14-,15+,18?,20?/m0/s1. The molecular formula is C23H29N3O6S2. The van der Waals surface area contributed by atoms with Crippen LogP contribution in [-0.4, -0.2) is 57.4 Å². The first-order valence-electron chi connectivity index (χ1n) is 11.5. The number of benzene rings is 1. The van der Waals surface area contributed by atoms with Crippen molar-refractivity contribution in [1.29, 1.82) is 0 Å². The Labute approximate surface area is 199 Å². The first-order valence-corrected chi connectivity index (χ1v) is 15.0. The number of amidine groups is 1. The number of nitrogens with one attached hydrogen (secondary N) is 1. The summed E-state index contributed by atoms with van der Waals surface area (Å²) in [7, 11) is -7.58. The van der Waals surface area contributed by atoms with Gasteiger partial charge in [0.05, 0.1) is 11.4 Å². The van der Waals surface area contributed by atoms with Crippen LogP contribution in [0, 0.1) is 23.7 Å². The summed E-state index contributed by atoms with van der Waals surface area (Å²) in [6, 6.07) is 4.22. The van der Waals surface area contributed by atoms with Crippen molar-refractivity contribution < 1.29 is 26.7 Å². The third-order valence-electron chi connectivity index (χ3n) is 7.30. The molecule has 0 saturated heterocycles. The Kier molecular flexibility index (Phi) is 5.36. The maximum atomic E-state index is 13.6. The molecule has 0 spiro atoms. The third kappa shape index (κ3) is 3.82. The van der Waals surface area contributed by atoms with E-state index in [4.69, 9.17) is 0 Å². The van der Waals surface area contributed by atoms with E-state index in [1.165, 1.54) is 18.2 Å². The zero-order chi connectivity index (χ0) is 24.6. The summed E-state index contributed by atoms with van der Waals surface area (Å²) in [5.74, 6) is -0.341. The van der Waals surface area contributed by atoms with Crippen LogP contribution < -0.4 is 5.32 Å². The molecule has 9 nitrogen and oxygen atoms in total. The number of nitrogens with zero attached hydrogens (tertiary/aromatic N) is 2. The van der Waals surface area contributed by atoms with E-state index in [-0.39, 0.29) is 57.3 Å². The van der Waals surface area contributed by atoms with Crippen LogP contribution in [0.25, 0.3) is 0 Å². The largest absolute Gasteiger partial charge is 0.511 e. The van der Waals surface area contributed by atoms with E-state index in [9.17, 15) is 26.7 Å². The molecule has 4 atom stereocenters. The molecule has 1 amide bonds. The van der Waals surface area contributed by atoms with Crippen LogP contribution in [0.5, 0.6) is 0 Å². The number of fused-ring (bicyclic) bond motifs is 6. The minimum Gasteiger partial charge on any atom is -0.511 e. The Morgan fingerprint density at radius 3 is 2.62 bits per heavy atom. The lowest BCUT2D eigenvalue weighted by molar-refractivity contribution is -0.134. The van der Waals surface area contributed by atoms with Crippen LogP contribution in [0.4, 0.5) is 5.69 Å². The summed E-state index contributed by atoms with van der Waals surface area (Å²) in [6.45, 7) is 4.57. The summed E-state index contributed by atoms with van der Waals surface area (Å²) < 4.78 is 53.3. The minimum atomic E-state index is -4.22. The molecule has 2 fully saturated rings. The number of hydrogen-bond acceptors (Lipinski definition) is 7. The van der Waals surface area contributed by atoms with Gasteiger partial charge in [-0.1, -0.05) is 19.9 Å². The van der Waals surface area contributed by atoms with Gasteiger partial charge >= 0.3 is 0 Å². The summed E-state index contributed by atoms with van der Waals surface area (Å²) in [4.78, 5) is 15.3. The highest BCUT2D eigenvalue weighted by Crippen LogP contribution is 2.55. The average Bonchev–Trinajstić information content (AvgIpc) is 3.32. The summed E-state index contributed by atoms with van der Waals surface area (Å²) in [5.41, 5.74) is 0.443. The van der Waals surface area contributed by atoms with Gasteiger partial charge in [0.15, 0.2) is 15.7 Å². The highest BCUT2D eigenvalue weighted by atomic mass is 32.2. The normalized spacial score (nSPS) is 29.7. The number of rotatable bonds is 5. The number of anilines is 1. The predicted molar refractivity (Wildman–Crippen MR) is 128 cm³/mol. The van der Waals surface area contributed by atoms with Crippen molar-refractivity contribution in [3.8, 4) is 0 Å². The lowest BCUT2D eigenvalue weighted by Gasteiger charge is -2.44. The fourth-order valence-electron chi connectivity index (χ4n) is 6.17. The number of sulfone groups is 1. The molecule has 2 heterocycles. The van der Waals surface area contributed by atoms with Crippen molar-refractivity contribution >= 4 is 37.3 Å². The quantitative estimate of drug-likeness (QED) is 0.625. The molecule has 2 bridgehead atoms. The maximum Gasteiger partial charge on any atom is 0.286 e. The Morgan fingerprint density at radius 2 is 1.94 bits per heavy atom. The van der Waals surface area contributed by atoms with Crippen molar-refractivity contribution in [1.82, 2.24) is 4.90 Å². The summed E-state index contributed by atoms with van der Waals surface area (Å²) in [5, 5.41) is 14.2. The van der Waals surface area contributed by atoms with Crippen molar-refractivity contribution in [3.05, 3.63) is 35.1 Å². The number of hydrogen-bond donors (Lipinski definition) is 2. The molecule has 2 unspecified atom stereocenters. The molecule has 2 aliphatic carbocycles. The summed E-state index contributed by atoms with van der Waals surface area (Å²) >= 11 is 0. The van der Waals surface area contributed by atoms with Crippen molar-refractivity contribution in [2.75, 3.05) is 18.1 Å². The fourth-order valence-corrected chi connectivity index (χ4v) is 8.13. The van der Waals surface area contributed by atoms with Crippen LogP contribution in [0.2, 0.25) is 0 Å². The van der Waals surface area contributed by atoms with E-state index in [1.807, 2.05) is 18.7 Å². The molecule has 5 rings (SSSR count). The molecule has 1 aromatic carbocycles. The van der Waals surface area contributed by atoms with E-state index in [0.717, 1.165) is 25.5 Å². The number of carbonyl (C=O) groups is 1. The van der Waals surface area contributed by atoms with E-state index >= 15 is 0 Å². The second-order valence-electron chi connectivity index (χ2n) is 10.4. The lowest BCUT2D eigenvalue weighted by Crippen LogP contribution is -2.55. The highest BCUT2D eigenvalue weighted by molar-refractivity contribution is 7.90. The molecule has 4 aliphatic rings. The van der Waals surface area contributed by atoms with Gasteiger partial charge in [0, 0.05) is 24.8 Å². The zero-order valence-corrected chi connectivity index (χ0v) is 21.0. The van der Waals surface area contributed by atoms with E-state index in [0.29, 0.717) is 18.0 Å². The molecule has 2 N–H and O–H groups in total. The van der Waals surface area contributed by atoms with Gasteiger partial charge < -0.3 is 15.3 Å². The molecule has 1 aromatic rings. The van der Waals surface area contributed by atoms with Crippen LogP contribution in [0.3, 0.4) is 0 Å². The molecular weight excluding hydrogens is 478 g/mol. The smallest absolute Gasteiger partial charge is 0.286 e. The first kappa shape index (κ1) is 23.3. The van der Waals surface area contributed by atoms with E-state index in [1.54, 1.807) is 0 Å². The topological polar surface area (TPSA) is 133 Å². The third-order valence-corrected chi connectivity index (χ3v) is 9.47. The van der Waals surface area contributed by atoms with Crippen LogP contribution in [0.15, 0.2) is 38.8 Å². The van der Waals surface area contributed by atoms with E-state index < -0.39 is 25.8 Å². The highest BCUT2D eigenvalue weighted by Gasteiger charge is 2.57. The molecule has 0 radical (unpaired) electrons. The Balaban J connectivity index is 1.57. The van der Waals surface area contributed by atoms with Crippen LogP contribution >= 0.6 is 0 Å². The fraction of sp³-hybridized carbons (Fsp3) is 0.565. The van der Waals surface area contributed by atoms with Crippen LogP contribution in [-0.2, 0) is 30.4 Å².